The normalized spacial score (nSPS) is 12.5. The molecule has 0 spiro atoms. The van der Waals surface area contributed by atoms with Gasteiger partial charge in [-0.2, -0.15) is 0 Å². The van der Waals surface area contributed by atoms with Gasteiger partial charge in [0.25, 0.3) is 0 Å². The Kier molecular flexibility index (Phi) is 7.49. The lowest BCUT2D eigenvalue weighted by molar-refractivity contribution is -0.141. The third-order valence-corrected chi connectivity index (χ3v) is 2.17. The van der Waals surface area contributed by atoms with Gasteiger partial charge in [-0.05, 0) is 0 Å². The van der Waals surface area contributed by atoms with E-state index in [9.17, 15) is 9.59 Å². The van der Waals surface area contributed by atoms with Crippen LogP contribution in [0.3, 0.4) is 0 Å². The largest absolute Gasteiger partial charge is 0.481 e. The van der Waals surface area contributed by atoms with E-state index >= 15 is 0 Å². The number of amides is 1. The van der Waals surface area contributed by atoms with Crippen molar-refractivity contribution in [1.29, 1.82) is 0 Å². The number of carbonyl (C=O) groups is 2. The quantitative estimate of drug-likeness (QED) is 0.506. The number of aliphatic hydroxyl groups is 1. The van der Waals surface area contributed by atoms with Crippen LogP contribution in [0.2, 0.25) is 0 Å². The smallest absolute Gasteiger partial charge is 0.307 e. The minimum Gasteiger partial charge on any atom is -0.481 e. The molecule has 0 aliphatic heterocycles. The van der Waals surface area contributed by atoms with Crippen molar-refractivity contribution in [2.45, 2.75) is 13.8 Å². The minimum atomic E-state index is -0.859. The standard InChI is InChI=1S/C10H20N2O4/c1-8(10(15)16)7-12(5-6-13)4-3-11-9(2)14/h8,13H,3-7H2,1-2H3,(H,11,14)(H,15,16). The fourth-order valence-corrected chi connectivity index (χ4v) is 1.29. The number of carbonyl (C=O) groups excluding carboxylic acids is 1. The van der Waals surface area contributed by atoms with E-state index in [-0.39, 0.29) is 12.5 Å². The SMILES string of the molecule is CC(=O)NCCN(CCO)CC(C)C(=O)O. The topological polar surface area (TPSA) is 89.9 Å². The van der Waals surface area contributed by atoms with Crippen molar-refractivity contribution in [3.63, 3.8) is 0 Å². The van der Waals surface area contributed by atoms with Crippen molar-refractivity contribution in [3.05, 3.63) is 0 Å². The van der Waals surface area contributed by atoms with Crippen LogP contribution in [0.4, 0.5) is 0 Å². The Morgan fingerprint density at radius 2 is 2.00 bits per heavy atom. The maximum Gasteiger partial charge on any atom is 0.307 e. The second-order valence-corrected chi connectivity index (χ2v) is 3.75. The molecular weight excluding hydrogens is 212 g/mol. The van der Waals surface area contributed by atoms with E-state index < -0.39 is 11.9 Å². The van der Waals surface area contributed by atoms with Gasteiger partial charge in [-0.25, -0.2) is 0 Å². The van der Waals surface area contributed by atoms with E-state index in [2.05, 4.69) is 5.32 Å². The summed E-state index contributed by atoms with van der Waals surface area (Å²) in [4.78, 5) is 23.1. The van der Waals surface area contributed by atoms with Crippen LogP contribution in [0.1, 0.15) is 13.8 Å². The lowest BCUT2D eigenvalue weighted by atomic mass is 10.1. The number of hydrogen-bond acceptors (Lipinski definition) is 4. The molecule has 0 aromatic rings. The predicted octanol–water partition coefficient (Wildman–Crippen LogP) is -0.862. The molecule has 1 atom stereocenters. The Hall–Kier alpha value is -1.14. The number of aliphatic carboxylic acids is 1. The summed E-state index contributed by atoms with van der Waals surface area (Å²) < 4.78 is 0. The average molecular weight is 232 g/mol. The highest BCUT2D eigenvalue weighted by Crippen LogP contribution is 1.99. The molecule has 16 heavy (non-hydrogen) atoms. The van der Waals surface area contributed by atoms with Gasteiger partial charge in [0.1, 0.15) is 0 Å². The highest BCUT2D eigenvalue weighted by Gasteiger charge is 2.15. The van der Waals surface area contributed by atoms with Crippen LogP contribution < -0.4 is 5.32 Å². The van der Waals surface area contributed by atoms with Gasteiger partial charge in [-0.3, -0.25) is 14.5 Å². The summed E-state index contributed by atoms with van der Waals surface area (Å²) in [6.45, 7) is 4.81. The molecular formula is C10H20N2O4. The van der Waals surface area contributed by atoms with Crippen molar-refractivity contribution < 1.29 is 19.8 Å². The molecule has 6 heteroatoms. The van der Waals surface area contributed by atoms with Crippen molar-refractivity contribution in [2.24, 2.45) is 5.92 Å². The fourth-order valence-electron chi connectivity index (χ4n) is 1.29. The summed E-state index contributed by atoms with van der Waals surface area (Å²) in [6.07, 6.45) is 0. The van der Waals surface area contributed by atoms with Gasteiger partial charge in [0.05, 0.1) is 12.5 Å². The summed E-state index contributed by atoms with van der Waals surface area (Å²) >= 11 is 0. The van der Waals surface area contributed by atoms with Gasteiger partial charge >= 0.3 is 5.97 Å². The first-order chi connectivity index (χ1) is 7.47. The first-order valence-corrected chi connectivity index (χ1v) is 5.27. The Balaban J connectivity index is 3.96. The summed E-state index contributed by atoms with van der Waals surface area (Å²) in [6, 6.07) is 0. The van der Waals surface area contributed by atoms with E-state index in [1.807, 2.05) is 4.90 Å². The molecule has 0 heterocycles. The number of carboxylic acids is 1. The lowest BCUT2D eigenvalue weighted by Crippen LogP contribution is -2.39. The van der Waals surface area contributed by atoms with Crippen LogP contribution in [0.25, 0.3) is 0 Å². The molecule has 0 rings (SSSR count). The van der Waals surface area contributed by atoms with Crippen LogP contribution in [0, 0.1) is 5.92 Å². The molecule has 1 unspecified atom stereocenters. The molecule has 6 nitrogen and oxygen atoms in total. The van der Waals surface area contributed by atoms with Crippen LogP contribution in [-0.2, 0) is 9.59 Å². The maximum absolute atomic E-state index is 10.7. The Bertz CT molecular complexity index is 233. The third kappa shape index (κ3) is 7.19. The Labute approximate surface area is 95.2 Å². The zero-order valence-electron chi connectivity index (χ0n) is 9.77. The van der Waals surface area contributed by atoms with Gasteiger partial charge in [-0.15, -0.1) is 0 Å². The molecule has 94 valence electrons. The van der Waals surface area contributed by atoms with Gasteiger partial charge in [0, 0.05) is 33.1 Å². The third-order valence-electron chi connectivity index (χ3n) is 2.17. The number of nitrogens with zero attached hydrogens (tertiary/aromatic N) is 1. The van der Waals surface area contributed by atoms with Crippen LogP contribution in [-0.4, -0.2) is 59.8 Å². The number of rotatable bonds is 8. The summed E-state index contributed by atoms with van der Waals surface area (Å²) in [5, 5.41) is 20.2. The Morgan fingerprint density at radius 3 is 2.44 bits per heavy atom. The van der Waals surface area contributed by atoms with E-state index in [1.165, 1.54) is 6.92 Å². The molecule has 0 aromatic heterocycles. The molecule has 0 aliphatic rings. The zero-order valence-corrected chi connectivity index (χ0v) is 9.77. The zero-order chi connectivity index (χ0) is 12.6. The van der Waals surface area contributed by atoms with Crippen molar-refractivity contribution in [2.75, 3.05) is 32.8 Å². The van der Waals surface area contributed by atoms with Gasteiger partial charge in [-0.1, -0.05) is 6.92 Å². The van der Waals surface area contributed by atoms with Gasteiger partial charge < -0.3 is 15.5 Å². The molecule has 0 aromatic carbocycles. The summed E-state index contributed by atoms with van der Waals surface area (Å²) in [7, 11) is 0. The highest BCUT2D eigenvalue weighted by molar-refractivity contribution is 5.72. The average Bonchev–Trinajstić information content (AvgIpc) is 2.17. The fraction of sp³-hybridized carbons (Fsp3) is 0.800. The van der Waals surface area contributed by atoms with Gasteiger partial charge in [0.2, 0.25) is 5.91 Å². The number of hydrogen-bond donors (Lipinski definition) is 3. The lowest BCUT2D eigenvalue weighted by Gasteiger charge is -2.23. The first-order valence-electron chi connectivity index (χ1n) is 5.27. The highest BCUT2D eigenvalue weighted by atomic mass is 16.4. The maximum atomic E-state index is 10.7. The van der Waals surface area contributed by atoms with Crippen molar-refractivity contribution in [3.8, 4) is 0 Å². The minimum absolute atomic E-state index is 0.0214. The molecule has 0 bridgehead atoms. The van der Waals surface area contributed by atoms with E-state index in [0.29, 0.717) is 26.2 Å². The Morgan fingerprint density at radius 1 is 1.38 bits per heavy atom. The molecule has 0 fully saturated rings. The van der Waals surface area contributed by atoms with Crippen LogP contribution in [0.15, 0.2) is 0 Å². The monoisotopic (exact) mass is 232 g/mol. The van der Waals surface area contributed by atoms with E-state index in [0.717, 1.165) is 0 Å². The molecule has 0 saturated carbocycles. The molecule has 0 radical (unpaired) electrons. The van der Waals surface area contributed by atoms with Gasteiger partial charge in [0.15, 0.2) is 0 Å². The second-order valence-electron chi connectivity index (χ2n) is 3.75. The molecule has 0 aliphatic carbocycles. The number of carboxylic acid groups (broad SMARTS) is 1. The van der Waals surface area contributed by atoms with Crippen LogP contribution in [0.5, 0.6) is 0 Å². The number of nitrogens with one attached hydrogen (secondary N) is 1. The molecule has 0 saturated heterocycles. The summed E-state index contributed by atoms with van der Waals surface area (Å²) in [5.74, 6) is -1.46. The van der Waals surface area contributed by atoms with Crippen molar-refractivity contribution >= 4 is 11.9 Å². The predicted molar refractivity (Wildman–Crippen MR) is 59.0 cm³/mol. The second kappa shape index (κ2) is 8.06. The molecule has 3 N–H and O–H groups in total. The first kappa shape index (κ1) is 14.9. The summed E-state index contributed by atoms with van der Waals surface area (Å²) in [5.41, 5.74) is 0. The molecule has 1 amide bonds. The van der Waals surface area contributed by atoms with E-state index in [4.69, 9.17) is 10.2 Å². The van der Waals surface area contributed by atoms with Crippen molar-refractivity contribution in [1.82, 2.24) is 10.2 Å². The number of aliphatic hydroxyl groups excluding tert-OH is 1. The van der Waals surface area contributed by atoms with Crippen LogP contribution >= 0.6 is 0 Å². The van der Waals surface area contributed by atoms with E-state index in [1.54, 1.807) is 6.92 Å².